The smallest absolute Gasteiger partial charge is 0.313 e. The summed E-state index contributed by atoms with van der Waals surface area (Å²) in [7, 11) is 0. The van der Waals surface area contributed by atoms with Gasteiger partial charge in [0, 0.05) is 41.6 Å². The van der Waals surface area contributed by atoms with E-state index in [0.29, 0.717) is 16.7 Å². The van der Waals surface area contributed by atoms with Gasteiger partial charge < -0.3 is 4.74 Å². The van der Waals surface area contributed by atoms with Crippen LogP contribution in [0.4, 0.5) is 5.69 Å². The molecular formula is C26H20Br3ClN4O4. The first-order valence-electron chi connectivity index (χ1n) is 11.4. The maximum Gasteiger partial charge on any atom is 0.313 e. The largest absolute Gasteiger partial charge is 0.481 e. The topological polar surface area (TPSA) is 99.6 Å². The molecule has 196 valence electrons. The number of aromatic nitrogens is 2. The van der Waals surface area contributed by atoms with E-state index in [0.717, 1.165) is 25.4 Å². The Balaban J connectivity index is 1.84. The van der Waals surface area contributed by atoms with Gasteiger partial charge >= 0.3 is 5.69 Å². The van der Waals surface area contributed by atoms with Crippen molar-refractivity contribution in [3.05, 3.63) is 104 Å². The van der Waals surface area contributed by atoms with E-state index in [4.69, 9.17) is 21.3 Å². The lowest BCUT2D eigenvalue weighted by molar-refractivity contribution is -0.385. The van der Waals surface area contributed by atoms with Crippen molar-refractivity contribution in [1.29, 1.82) is 0 Å². The lowest BCUT2D eigenvalue weighted by Crippen LogP contribution is -2.23. The van der Waals surface area contributed by atoms with E-state index < -0.39 is 4.92 Å². The zero-order valence-electron chi connectivity index (χ0n) is 20.1. The second kappa shape index (κ2) is 12.1. The van der Waals surface area contributed by atoms with E-state index in [9.17, 15) is 14.9 Å². The monoisotopic (exact) mass is 724 g/mol. The highest BCUT2D eigenvalue weighted by Gasteiger charge is 2.22. The molecule has 1 heterocycles. The molecule has 0 amide bonds. The molecule has 1 atom stereocenters. The zero-order chi connectivity index (χ0) is 27.6. The summed E-state index contributed by atoms with van der Waals surface area (Å²) in [5.74, 6) is 0.376. The highest BCUT2D eigenvalue weighted by molar-refractivity contribution is 9.11. The number of ether oxygens (including phenoxy) is 1. The molecule has 0 spiro atoms. The third-order valence-electron chi connectivity index (χ3n) is 5.85. The fourth-order valence-corrected chi connectivity index (χ4v) is 5.42. The fraction of sp³-hybridized carbons (Fsp3) is 0.192. The van der Waals surface area contributed by atoms with Crippen molar-refractivity contribution in [2.75, 3.05) is 0 Å². The first-order chi connectivity index (χ1) is 18.1. The van der Waals surface area contributed by atoms with E-state index in [-0.39, 0.29) is 40.1 Å². The van der Waals surface area contributed by atoms with Gasteiger partial charge in [-0.1, -0.05) is 79.3 Å². The minimum atomic E-state index is -0.568. The molecule has 0 aliphatic heterocycles. The van der Waals surface area contributed by atoms with Crippen LogP contribution in [0.5, 0.6) is 5.75 Å². The molecule has 0 N–H and O–H groups in total. The van der Waals surface area contributed by atoms with Crippen molar-refractivity contribution in [2.24, 2.45) is 5.10 Å². The average Bonchev–Trinajstić information content (AvgIpc) is 2.87. The Morgan fingerprint density at radius 1 is 1.16 bits per heavy atom. The Bertz CT molecular complexity index is 1640. The third-order valence-corrected chi connectivity index (χ3v) is 7.79. The van der Waals surface area contributed by atoms with Gasteiger partial charge in [-0.2, -0.15) is 9.78 Å². The highest BCUT2D eigenvalue weighted by atomic mass is 79.9. The molecule has 8 nitrogen and oxygen atoms in total. The molecule has 4 aromatic rings. The van der Waals surface area contributed by atoms with Crippen LogP contribution in [0.3, 0.4) is 0 Å². The second-order valence-electron chi connectivity index (χ2n) is 8.43. The standard InChI is InChI=1S/C26H20Br3ClN4O4/c1-3-14(2)25-32-22-7-6-17(27)9-20(22)26(35)33(25)31-12-16-8-19(30)11-23(34(36)37)24(16)38-13-15-4-5-18(28)10-21(15)29/h4-12,14H,3,13H2,1-2H3/t14-/m0/s1. The molecule has 38 heavy (non-hydrogen) atoms. The van der Waals surface area contributed by atoms with Gasteiger partial charge in [0.15, 0.2) is 0 Å². The Hall–Kier alpha value is -2.60. The number of nitro groups is 1. The summed E-state index contributed by atoms with van der Waals surface area (Å²) in [6.45, 7) is 3.98. The van der Waals surface area contributed by atoms with Crippen LogP contribution in [0.25, 0.3) is 10.9 Å². The number of fused-ring (bicyclic) bond motifs is 1. The molecule has 0 radical (unpaired) electrons. The van der Waals surface area contributed by atoms with Gasteiger partial charge in [0.2, 0.25) is 5.75 Å². The molecule has 0 aliphatic carbocycles. The average molecular weight is 728 g/mol. The van der Waals surface area contributed by atoms with Gasteiger partial charge in [0.05, 0.1) is 22.0 Å². The SMILES string of the molecule is CC[C@H](C)c1nc2ccc(Br)cc2c(=O)n1N=Cc1cc(Cl)cc([N+](=O)[O-])c1OCc1ccc(Br)cc1Br. The maximum absolute atomic E-state index is 13.5. The van der Waals surface area contributed by atoms with Crippen molar-refractivity contribution in [1.82, 2.24) is 9.66 Å². The minimum absolute atomic E-state index is 0.0207. The van der Waals surface area contributed by atoms with Crippen LogP contribution in [-0.4, -0.2) is 20.8 Å². The van der Waals surface area contributed by atoms with Gasteiger partial charge in [-0.05, 0) is 42.8 Å². The molecule has 0 unspecified atom stereocenters. The van der Waals surface area contributed by atoms with Gasteiger partial charge in [-0.15, -0.1) is 0 Å². The van der Waals surface area contributed by atoms with Gasteiger partial charge in [-0.3, -0.25) is 14.9 Å². The van der Waals surface area contributed by atoms with Crippen molar-refractivity contribution in [3.8, 4) is 5.75 Å². The van der Waals surface area contributed by atoms with E-state index in [2.05, 4.69) is 52.9 Å². The zero-order valence-corrected chi connectivity index (χ0v) is 25.6. The Labute approximate surface area is 248 Å². The number of nitrogens with zero attached hydrogens (tertiary/aromatic N) is 4. The van der Waals surface area contributed by atoms with Crippen LogP contribution in [-0.2, 0) is 6.61 Å². The predicted molar refractivity (Wildman–Crippen MR) is 160 cm³/mol. The minimum Gasteiger partial charge on any atom is -0.481 e. The van der Waals surface area contributed by atoms with Crippen LogP contribution >= 0.6 is 59.4 Å². The van der Waals surface area contributed by atoms with Crippen molar-refractivity contribution in [3.63, 3.8) is 0 Å². The van der Waals surface area contributed by atoms with Crippen molar-refractivity contribution >= 4 is 82.2 Å². The molecule has 12 heteroatoms. The van der Waals surface area contributed by atoms with E-state index >= 15 is 0 Å². The highest BCUT2D eigenvalue weighted by Crippen LogP contribution is 2.35. The summed E-state index contributed by atoms with van der Waals surface area (Å²) in [6, 6.07) is 13.5. The molecule has 0 saturated carbocycles. The molecule has 0 bridgehead atoms. The summed E-state index contributed by atoms with van der Waals surface area (Å²) < 4.78 is 9.56. The molecule has 1 aromatic heterocycles. The molecule has 3 aromatic carbocycles. The van der Waals surface area contributed by atoms with Crippen LogP contribution in [0.15, 0.2) is 71.8 Å². The first kappa shape index (κ1) is 28.4. The van der Waals surface area contributed by atoms with Crippen LogP contribution in [0, 0.1) is 10.1 Å². The first-order valence-corrected chi connectivity index (χ1v) is 14.2. The van der Waals surface area contributed by atoms with Gasteiger partial charge in [-0.25, -0.2) is 4.98 Å². The molecule has 0 aliphatic rings. The number of hydrogen-bond acceptors (Lipinski definition) is 6. The number of nitro benzene ring substituents is 1. The number of rotatable bonds is 8. The van der Waals surface area contributed by atoms with E-state index in [1.807, 2.05) is 38.1 Å². The number of benzene rings is 3. The predicted octanol–water partition coefficient (Wildman–Crippen LogP) is 8.22. The lowest BCUT2D eigenvalue weighted by Gasteiger charge is -2.14. The van der Waals surface area contributed by atoms with Crippen molar-refractivity contribution < 1.29 is 9.66 Å². The lowest BCUT2D eigenvalue weighted by atomic mass is 10.1. The Kier molecular flexibility index (Phi) is 9.02. The number of hydrogen-bond donors (Lipinski definition) is 0. The van der Waals surface area contributed by atoms with Crippen LogP contribution < -0.4 is 10.3 Å². The Morgan fingerprint density at radius 2 is 1.87 bits per heavy atom. The summed E-state index contributed by atoms with van der Waals surface area (Å²) >= 11 is 16.5. The number of halogens is 4. The summed E-state index contributed by atoms with van der Waals surface area (Å²) in [5.41, 5.74) is 0.902. The summed E-state index contributed by atoms with van der Waals surface area (Å²) in [6.07, 6.45) is 2.06. The molecule has 4 rings (SSSR count). The summed E-state index contributed by atoms with van der Waals surface area (Å²) in [4.78, 5) is 29.5. The Morgan fingerprint density at radius 3 is 2.55 bits per heavy atom. The van der Waals surface area contributed by atoms with Gasteiger partial charge in [0.25, 0.3) is 5.56 Å². The molecule has 0 saturated heterocycles. The molecular weight excluding hydrogens is 707 g/mol. The van der Waals surface area contributed by atoms with Gasteiger partial charge in [0.1, 0.15) is 12.4 Å². The van der Waals surface area contributed by atoms with Crippen LogP contribution in [0.1, 0.15) is 43.1 Å². The normalized spacial score (nSPS) is 12.3. The van der Waals surface area contributed by atoms with E-state index in [1.54, 1.807) is 12.1 Å². The van der Waals surface area contributed by atoms with Crippen molar-refractivity contribution in [2.45, 2.75) is 32.8 Å². The summed E-state index contributed by atoms with van der Waals surface area (Å²) in [5, 5.41) is 16.8. The fourth-order valence-electron chi connectivity index (χ4n) is 3.68. The van der Waals surface area contributed by atoms with Crippen LogP contribution in [0.2, 0.25) is 5.02 Å². The van der Waals surface area contributed by atoms with E-state index in [1.165, 1.54) is 23.0 Å². The quantitative estimate of drug-likeness (QED) is 0.104. The molecule has 0 fully saturated rings. The maximum atomic E-state index is 13.5. The third kappa shape index (κ3) is 6.17. The second-order valence-corrected chi connectivity index (χ2v) is 11.5.